The lowest BCUT2D eigenvalue weighted by molar-refractivity contribution is 0.335. The SMILES string of the molecule is CC=C([O])SC. The predicted octanol–water partition coefficient (Wildman–Crippen LogP) is 1.64. The van der Waals surface area contributed by atoms with Gasteiger partial charge in [-0.25, -0.2) is 0 Å². The lowest BCUT2D eigenvalue weighted by Gasteiger charge is -1.78. The van der Waals surface area contributed by atoms with Gasteiger partial charge >= 0.3 is 0 Å². The summed E-state index contributed by atoms with van der Waals surface area (Å²) >= 11 is 1.23. The van der Waals surface area contributed by atoms with E-state index >= 15 is 0 Å². The van der Waals surface area contributed by atoms with Crippen LogP contribution in [0.2, 0.25) is 0 Å². The smallest absolute Gasteiger partial charge is 0.207 e. The van der Waals surface area contributed by atoms with E-state index in [1.54, 1.807) is 19.3 Å². The quantitative estimate of drug-likeness (QED) is 0.462. The third-order valence-corrected chi connectivity index (χ3v) is 1.07. The number of hydrogen-bond donors (Lipinski definition) is 0. The first-order valence-electron chi connectivity index (χ1n) is 1.68. The summed E-state index contributed by atoms with van der Waals surface area (Å²) in [5.41, 5.74) is 0. The molecule has 0 rings (SSSR count). The van der Waals surface area contributed by atoms with Crippen LogP contribution in [0.1, 0.15) is 6.92 Å². The van der Waals surface area contributed by atoms with Gasteiger partial charge in [0.1, 0.15) is 0 Å². The molecule has 1 radical (unpaired) electrons. The minimum absolute atomic E-state index is 0.134. The highest BCUT2D eigenvalue weighted by atomic mass is 32.2. The van der Waals surface area contributed by atoms with E-state index in [1.165, 1.54) is 11.8 Å². The Kier molecular flexibility index (Phi) is 3.04. The normalized spacial score (nSPS) is 12.0. The second-order valence-electron chi connectivity index (χ2n) is 0.812. The number of rotatable bonds is 1. The molecule has 0 bridgehead atoms. The van der Waals surface area contributed by atoms with E-state index in [-0.39, 0.29) is 5.09 Å². The monoisotopic (exact) mass is 103 g/mol. The van der Waals surface area contributed by atoms with Crippen molar-refractivity contribution in [1.29, 1.82) is 0 Å². The van der Waals surface area contributed by atoms with Crippen molar-refractivity contribution in [2.45, 2.75) is 6.92 Å². The van der Waals surface area contributed by atoms with Gasteiger partial charge in [-0.15, -0.1) is 0 Å². The van der Waals surface area contributed by atoms with Crippen LogP contribution in [0.25, 0.3) is 0 Å². The molecule has 0 atom stereocenters. The Balaban J connectivity index is 3.22. The molecule has 0 unspecified atom stereocenters. The fourth-order valence-corrected chi connectivity index (χ4v) is 0.354. The number of thioether (sulfide) groups is 1. The van der Waals surface area contributed by atoms with Gasteiger partial charge in [0.2, 0.25) is 5.09 Å². The first-order chi connectivity index (χ1) is 2.81. The lowest BCUT2D eigenvalue weighted by atomic mass is 10.7. The predicted molar refractivity (Wildman–Crippen MR) is 28.0 cm³/mol. The Hall–Kier alpha value is -0.110. The van der Waals surface area contributed by atoms with Gasteiger partial charge in [0, 0.05) is 0 Å². The molecule has 0 amide bonds. The summed E-state index contributed by atoms with van der Waals surface area (Å²) in [5.74, 6) is 0. The van der Waals surface area contributed by atoms with Crippen molar-refractivity contribution in [3.8, 4) is 0 Å². The average Bonchev–Trinajstić information content (AvgIpc) is 1.65. The summed E-state index contributed by atoms with van der Waals surface area (Å²) in [7, 11) is 0. The van der Waals surface area contributed by atoms with E-state index in [0.717, 1.165) is 0 Å². The van der Waals surface area contributed by atoms with Crippen molar-refractivity contribution >= 4 is 11.8 Å². The van der Waals surface area contributed by atoms with Crippen LogP contribution < -0.4 is 0 Å². The molecule has 0 aliphatic rings. The second kappa shape index (κ2) is 3.09. The third-order valence-electron chi connectivity index (χ3n) is 0.437. The van der Waals surface area contributed by atoms with Crippen LogP contribution in [-0.4, -0.2) is 6.26 Å². The van der Waals surface area contributed by atoms with E-state index in [2.05, 4.69) is 0 Å². The highest BCUT2D eigenvalue weighted by molar-refractivity contribution is 8.02. The van der Waals surface area contributed by atoms with Gasteiger partial charge in [0.15, 0.2) is 0 Å². The maximum Gasteiger partial charge on any atom is 0.207 e. The van der Waals surface area contributed by atoms with Crippen LogP contribution in [0.15, 0.2) is 11.2 Å². The van der Waals surface area contributed by atoms with Crippen molar-refractivity contribution in [1.82, 2.24) is 0 Å². The van der Waals surface area contributed by atoms with Crippen molar-refractivity contribution in [3.63, 3.8) is 0 Å². The maximum absolute atomic E-state index is 10.1. The Bertz CT molecular complexity index is 58.6. The third kappa shape index (κ3) is 2.15. The van der Waals surface area contributed by atoms with Crippen LogP contribution in [0.4, 0.5) is 0 Å². The molecule has 0 spiro atoms. The van der Waals surface area contributed by atoms with Crippen molar-refractivity contribution in [3.05, 3.63) is 11.2 Å². The van der Waals surface area contributed by atoms with E-state index < -0.39 is 0 Å². The van der Waals surface area contributed by atoms with E-state index in [4.69, 9.17) is 0 Å². The molecule has 0 aromatic rings. The minimum Gasteiger partial charge on any atom is -0.283 e. The van der Waals surface area contributed by atoms with Gasteiger partial charge in [-0.2, -0.15) is 0 Å². The minimum atomic E-state index is 0.134. The first kappa shape index (κ1) is 5.89. The molecule has 1 nitrogen and oxygen atoms in total. The average molecular weight is 103 g/mol. The zero-order valence-corrected chi connectivity index (χ0v) is 4.71. The molecule has 2 heteroatoms. The zero-order chi connectivity index (χ0) is 4.99. The van der Waals surface area contributed by atoms with Crippen molar-refractivity contribution < 1.29 is 5.11 Å². The number of hydrogen-bond acceptors (Lipinski definition) is 1. The Morgan fingerprint density at radius 1 is 1.83 bits per heavy atom. The standard InChI is InChI=1S/C4H7OS/c1-3-4(5)6-2/h3H,1-2H3. The van der Waals surface area contributed by atoms with Gasteiger partial charge < -0.3 is 0 Å². The molecule has 0 fully saturated rings. The Morgan fingerprint density at radius 3 is 2.33 bits per heavy atom. The summed E-state index contributed by atoms with van der Waals surface area (Å²) in [6, 6.07) is 0. The molecule has 0 N–H and O–H groups in total. The fraction of sp³-hybridized carbons (Fsp3) is 0.500. The molecule has 35 valence electrons. The lowest BCUT2D eigenvalue weighted by Crippen LogP contribution is -1.60. The van der Waals surface area contributed by atoms with Crippen LogP contribution in [0, 0.1) is 0 Å². The zero-order valence-electron chi connectivity index (χ0n) is 3.89. The molecule has 0 aromatic carbocycles. The van der Waals surface area contributed by atoms with Crippen molar-refractivity contribution in [2.75, 3.05) is 6.26 Å². The largest absolute Gasteiger partial charge is 0.283 e. The molecule has 6 heavy (non-hydrogen) atoms. The number of allylic oxidation sites excluding steroid dienone is 1. The second-order valence-corrected chi connectivity index (χ2v) is 1.62. The highest BCUT2D eigenvalue weighted by Crippen LogP contribution is 2.04. The summed E-state index contributed by atoms with van der Waals surface area (Å²) < 4.78 is 0. The van der Waals surface area contributed by atoms with E-state index in [9.17, 15) is 5.11 Å². The van der Waals surface area contributed by atoms with Crippen LogP contribution >= 0.6 is 11.8 Å². The summed E-state index contributed by atoms with van der Waals surface area (Å²) in [6.07, 6.45) is 3.31. The molecule has 0 heterocycles. The molecule has 0 saturated carbocycles. The molecule has 0 aromatic heterocycles. The van der Waals surface area contributed by atoms with Crippen LogP contribution in [-0.2, 0) is 5.11 Å². The van der Waals surface area contributed by atoms with Gasteiger partial charge in [0.25, 0.3) is 0 Å². The van der Waals surface area contributed by atoms with Gasteiger partial charge in [-0.1, -0.05) is 11.8 Å². The fourth-order valence-electron chi connectivity index (χ4n) is 0.118. The molecule has 0 saturated heterocycles. The first-order valence-corrected chi connectivity index (χ1v) is 2.91. The van der Waals surface area contributed by atoms with Gasteiger partial charge in [-0.3, -0.25) is 5.11 Å². The Labute approximate surface area is 42.1 Å². The van der Waals surface area contributed by atoms with Crippen LogP contribution in [0.3, 0.4) is 0 Å². The molecular formula is C4H7OS. The van der Waals surface area contributed by atoms with Gasteiger partial charge in [-0.05, 0) is 19.3 Å². The van der Waals surface area contributed by atoms with E-state index in [0.29, 0.717) is 0 Å². The summed E-state index contributed by atoms with van der Waals surface area (Å²) in [6.45, 7) is 1.73. The maximum atomic E-state index is 10.1. The molecular weight excluding hydrogens is 96.1 g/mol. The topological polar surface area (TPSA) is 19.9 Å². The van der Waals surface area contributed by atoms with E-state index in [1.807, 2.05) is 0 Å². The van der Waals surface area contributed by atoms with Gasteiger partial charge in [0.05, 0.1) is 0 Å². The summed E-state index contributed by atoms with van der Waals surface area (Å²) in [4.78, 5) is 0. The summed E-state index contributed by atoms with van der Waals surface area (Å²) in [5, 5.41) is 10.2. The Morgan fingerprint density at radius 2 is 2.33 bits per heavy atom. The van der Waals surface area contributed by atoms with Crippen LogP contribution in [0.5, 0.6) is 0 Å². The molecule has 0 aliphatic carbocycles. The highest BCUT2D eigenvalue weighted by Gasteiger charge is 1.81. The van der Waals surface area contributed by atoms with Crippen molar-refractivity contribution in [2.24, 2.45) is 0 Å². The molecule has 0 aliphatic heterocycles.